The Morgan fingerprint density at radius 1 is 1.05 bits per heavy atom. The number of benzene rings is 2. The molecule has 2 amide bonds. The van der Waals surface area contributed by atoms with E-state index in [0.29, 0.717) is 5.69 Å². The third-order valence-electron chi connectivity index (χ3n) is 3.54. The summed E-state index contributed by atoms with van der Waals surface area (Å²) in [6.45, 7) is 3.90. The fourth-order valence-corrected chi connectivity index (χ4v) is 3.27. The summed E-state index contributed by atoms with van der Waals surface area (Å²) in [5.41, 5.74) is 3.54. The van der Waals surface area contributed by atoms with Gasteiger partial charge in [-0.3, -0.25) is 9.59 Å². The van der Waals surface area contributed by atoms with Crippen LogP contribution in [0.15, 0.2) is 48.5 Å². The van der Waals surface area contributed by atoms with Crippen molar-refractivity contribution in [1.29, 1.82) is 0 Å². The molecule has 5 heteroatoms. The van der Waals surface area contributed by atoms with Crippen LogP contribution < -0.4 is 10.2 Å². The number of para-hydroxylation sites is 1. The Labute approximate surface area is 133 Å². The summed E-state index contributed by atoms with van der Waals surface area (Å²) in [6, 6.07) is 15.1. The normalized spacial score (nSPS) is 17.9. The van der Waals surface area contributed by atoms with E-state index in [1.54, 1.807) is 6.07 Å². The van der Waals surface area contributed by atoms with Gasteiger partial charge in [-0.25, -0.2) is 4.90 Å². The Bertz CT molecular complexity index is 745. The SMILES string of the molecule is Cc1cccc(N2C(=O)SC(Nc3ccccc3C)C2=O)c1. The number of carbonyl (C=O) groups excluding carboxylic acids is 2. The number of imide groups is 1. The van der Waals surface area contributed by atoms with Crippen molar-refractivity contribution in [3.63, 3.8) is 0 Å². The van der Waals surface area contributed by atoms with E-state index in [9.17, 15) is 9.59 Å². The number of amides is 2. The number of thioether (sulfide) groups is 1. The fourth-order valence-electron chi connectivity index (χ4n) is 2.38. The van der Waals surface area contributed by atoms with E-state index in [-0.39, 0.29) is 11.1 Å². The smallest absolute Gasteiger partial charge is 0.295 e. The van der Waals surface area contributed by atoms with Gasteiger partial charge in [-0.1, -0.05) is 30.3 Å². The molecule has 0 aliphatic carbocycles. The largest absolute Gasteiger partial charge is 0.365 e. The van der Waals surface area contributed by atoms with Crippen molar-refractivity contribution in [3.8, 4) is 0 Å². The second-order valence-corrected chi connectivity index (χ2v) is 6.29. The standard InChI is InChI=1S/C17H16N2O2S/c1-11-6-5-8-13(10-11)19-16(20)15(22-17(19)21)18-14-9-4-3-7-12(14)2/h3-10,15,18H,1-2H3. The first kappa shape index (κ1) is 14.7. The summed E-state index contributed by atoms with van der Waals surface area (Å²) in [6.07, 6.45) is 0. The van der Waals surface area contributed by atoms with Crippen molar-refractivity contribution in [2.45, 2.75) is 19.2 Å². The van der Waals surface area contributed by atoms with Gasteiger partial charge in [-0.05, 0) is 54.9 Å². The summed E-state index contributed by atoms with van der Waals surface area (Å²) in [4.78, 5) is 26.0. The molecule has 3 rings (SSSR count). The van der Waals surface area contributed by atoms with Gasteiger partial charge >= 0.3 is 0 Å². The molecule has 1 unspecified atom stereocenters. The molecule has 22 heavy (non-hydrogen) atoms. The highest BCUT2D eigenvalue weighted by Crippen LogP contribution is 2.33. The van der Waals surface area contributed by atoms with Crippen LogP contribution in [0.4, 0.5) is 16.2 Å². The number of nitrogens with zero attached hydrogens (tertiary/aromatic N) is 1. The van der Waals surface area contributed by atoms with E-state index in [1.807, 2.05) is 56.3 Å². The minimum absolute atomic E-state index is 0.233. The van der Waals surface area contributed by atoms with Gasteiger partial charge in [-0.2, -0.15) is 0 Å². The molecule has 1 heterocycles. The van der Waals surface area contributed by atoms with Gasteiger partial charge in [-0.15, -0.1) is 0 Å². The lowest BCUT2D eigenvalue weighted by Crippen LogP contribution is -2.34. The number of carbonyl (C=O) groups is 2. The third-order valence-corrected chi connectivity index (χ3v) is 4.48. The molecular formula is C17H16N2O2S. The molecule has 1 N–H and O–H groups in total. The zero-order valence-electron chi connectivity index (χ0n) is 12.4. The molecule has 4 nitrogen and oxygen atoms in total. The third kappa shape index (κ3) is 2.72. The highest BCUT2D eigenvalue weighted by molar-refractivity contribution is 8.16. The van der Waals surface area contributed by atoms with Crippen molar-refractivity contribution in [2.24, 2.45) is 0 Å². The van der Waals surface area contributed by atoms with E-state index >= 15 is 0 Å². The first-order valence-electron chi connectivity index (χ1n) is 6.99. The van der Waals surface area contributed by atoms with Crippen LogP contribution in [0.1, 0.15) is 11.1 Å². The van der Waals surface area contributed by atoms with Crippen LogP contribution in [0, 0.1) is 13.8 Å². The van der Waals surface area contributed by atoms with E-state index in [2.05, 4.69) is 5.32 Å². The zero-order chi connectivity index (χ0) is 15.7. The molecule has 0 spiro atoms. The summed E-state index contributed by atoms with van der Waals surface area (Å²) in [7, 11) is 0. The predicted octanol–water partition coefficient (Wildman–Crippen LogP) is 3.94. The first-order chi connectivity index (χ1) is 10.6. The van der Waals surface area contributed by atoms with Crippen LogP contribution in [-0.4, -0.2) is 16.5 Å². The topological polar surface area (TPSA) is 49.4 Å². The predicted molar refractivity (Wildman–Crippen MR) is 90.2 cm³/mol. The second kappa shape index (κ2) is 5.85. The minimum atomic E-state index is -0.589. The molecule has 0 aromatic heterocycles. The monoisotopic (exact) mass is 312 g/mol. The van der Waals surface area contributed by atoms with E-state index in [1.165, 1.54) is 4.90 Å². The summed E-state index contributed by atoms with van der Waals surface area (Å²) in [5, 5.41) is 2.32. The highest BCUT2D eigenvalue weighted by atomic mass is 32.2. The molecule has 1 saturated heterocycles. The Hall–Kier alpha value is -2.27. The number of aryl methyl sites for hydroxylation is 2. The number of rotatable bonds is 3. The van der Waals surface area contributed by atoms with Crippen molar-refractivity contribution in [2.75, 3.05) is 10.2 Å². The Balaban J connectivity index is 1.84. The molecule has 2 aromatic rings. The lowest BCUT2D eigenvalue weighted by Gasteiger charge is -2.16. The second-order valence-electron chi connectivity index (χ2n) is 5.24. The molecule has 1 fully saturated rings. The van der Waals surface area contributed by atoms with Crippen molar-refractivity contribution >= 4 is 34.3 Å². The number of hydrogen-bond donors (Lipinski definition) is 1. The van der Waals surface area contributed by atoms with Crippen molar-refractivity contribution < 1.29 is 9.59 Å². The summed E-state index contributed by atoms with van der Waals surface area (Å²) < 4.78 is 0. The van der Waals surface area contributed by atoms with Crippen molar-refractivity contribution in [3.05, 3.63) is 59.7 Å². The molecule has 0 bridgehead atoms. The van der Waals surface area contributed by atoms with E-state index in [4.69, 9.17) is 0 Å². The molecule has 2 aromatic carbocycles. The lowest BCUT2D eigenvalue weighted by molar-refractivity contribution is -0.116. The average molecular weight is 312 g/mol. The van der Waals surface area contributed by atoms with Gasteiger partial charge in [0.05, 0.1) is 5.69 Å². The highest BCUT2D eigenvalue weighted by Gasteiger charge is 2.40. The van der Waals surface area contributed by atoms with Crippen molar-refractivity contribution in [1.82, 2.24) is 0 Å². The molecular weight excluding hydrogens is 296 g/mol. The summed E-state index contributed by atoms with van der Waals surface area (Å²) >= 11 is 1.01. The molecule has 112 valence electrons. The number of hydrogen-bond acceptors (Lipinski definition) is 4. The Kier molecular flexibility index (Phi) is 3.90. The molecule has 1 aliphatic rings. The van der Waals surface area contributed by atoms with Gasteiger partial charge in [0, 0.05) is 5.69 Å². The molecule has 0 radical (unpaired) electrons. The van der Waals surface area contributed by atoms with Crippen LogP contribution in [0.3, 0.4) is 0 Å². The maximum atomic E-state index is 12.6. The van der Waals surface area contributed by atoms with E-state index < -0.39 is 5.37 Å². The zero-order valence-corrected chi connectivity index (χ0v) is 13.2. The van der Waals surface area contributed by atoms with Gasteiger partial charge in [0.1, 0.15) is 0 Å². The molecule has 0 saturated carbocycles. The fraction of sp³-hybridized carbons (Fsp3) is 0.176. The number of anilines is 2. The maximum absolute atomic E-state index is 12.6. The van der Waals surface area contributed by atoms with Gasteiger partial charge < -0.3 is 5.32 Å². The average Bonchev–Trinajstić information content (AvgIpc) is 2.76. The Morgan fingerprint density at radius 3 is 2.55 bits per heavy atom. The van der Waals surface area contributed by atoms with Crippen LogP contribution in [0.2, 0.25) is 0 Å². The molecule has 1 atom stereocenters. The number of nitrogens with one attached hydrogen (secondary N) is 1. The maximum Gasteiger partial charge on any atom is 0.295 e. The van der Waals surface area contributed by atoms with Crippen LogP contribution in [0.25, 0.3) is 0 Å². The van der Waals surface area contributed by atoms with Gasteiger partial charge in [0.2, 0.25) is 0 Å². The van der Waals surface area contributed by atoms with Crippen LogP contribution in [-0.2, 0) is 4.79 Å². The quantitative estimate of drug-likeness (QED) is 0.932. The van der Waals surface area contributed by atoms with E-state index in [0.717, 1.165) is 28.6 Å². The Morgan fingerprint density at radius 2 is 1.82 bits per heavy atom. The summed E-state index contributed by atoms with van der Waals surface area (Å²) in [5.74, 6) is -0.233. The lowest BCUT2D eigenvalue weighted by atomic mass is 10.2. The van der Waals surface area contributed by atoms with Gasteiger partial charge in [0.15, 0.2) is 5.37 Å². The van der Waals surface area contributed by atoms with Crippen LogP contribution >= 0.6 is 11.8 Å². The minimum Gasteiger partial charge on any atom is -0.365 e. The molecule has 1 aliphatic heterocycles. The van der Waals surface area contributed by atoms with Gasteiger partial charge in [0.25, 0.3) is 11.1 Å². The first-order valence-corrected chi connectivity index (χ1v) is 7.87. The van der Waals surface area contributed by atoms with Crippen LogP contribution in [0.5, 0.6) is 0 Å².